The standard InChI is InChI=1S/C11H12Cl2O3S/c12-8-1-2-10(9(13)7-8)16-4-6-17-5-3-11(14)15/h1-2,7H,3-6H2,(H,14,15). The summed E-state index contributed by atoms with van der Waals surface area (Å²) in [6.07, 6.45) is 0.173. The number of carboxylic acid groups (broad SMARTS) is 1. The van der Waals surface area contributed by atoms with Crippen molar-refractivity contribution in [3.63, 3.8) is 0 Å². The Hall–Kier alpha value is -0.580. The summed E-state index contributed by atoms with van der Waals surface area (Å²) < 4.78 is 5.44. The van der Waals surface area contributed by atoms with E-state index in [0.29, 0.717) is 28.2 Å². The summed E-state index contributed by atoms with van der Waals surface area (Å²) in [5, 5.41) is 9.48. The third kappa shape index (κ3) is 6.05. The number of thioether (sulfide) groups is 1. The van der Waals surface area contributed by atoms with E-state index < -0.39 is 5.97 Å². The van der Waals surface area contributed by atoms with Crippen molar-refractivity contribution in [2.45, 2.75) is 6.42 Å². The first kappa shape index (κ1) is 14.5. The van der Waals surface area contributed by atoms with Gasteiger partial charge in [0.1, 0.15) is 5.75 Å². The fraction of sp³-hybridized carbons (Fsp3) is 0.364. The van der Waals surface area contributed by atoms with Gasteiger partial charge in [0.05, 0.1) is 18.1 Å². The van der Waals surface area contributed by atoms with Crippen LogP contribution in [0.25, 0.3) is 0 Å². The molecule has 0 fully saturated rings. The van der Waals surface area contributed by atoms with Gasteiger partial charge < -0.3 is 9.84 Å². The molecule has 94 valence electrons. The molecule has 0 unspecified atom stereocenters. The Morgan fingerprint density at radius 3 is 2.76 bits per heavy atom. The Kier molecular flexibility index (Phi) is 6.55. The molecule has 0 aliphatic carbocycles. The van der Waals surface area contributed by atoms with Gasteiger partial charge >= 0.3 is 5.97 Å². The predicted molar refractivity (Wildman–Crippen MR) is 71.5 cm³/mol. The second kappa shape index (κ2) is 7.69. The van der Waals surface area contributed by atoms with Crippen LogP contribution in [0.4, 0.5) is 0 Å². The Bertz CT molecular complexity index is 385. The van der Waals surface area contributed by atoms with Crippen LogP contribution in [0.1, 0.15) is 6.42 Å². The molecule has 0 atom stereocenters. The molecule has 0 aromatic heterocycles. The normalized spacial score (nSPS) is 10.2. The van der Waals surface area contributed by atoms with Crippen LogP contribution in [0.2, 0.25) is 10.0 Å². The number of carboxylic acids is 1. The van der Waals surface area contributed by atoms with Crippen LogP contribution in [-0.4, -0.2) is 29.2 Å². The molecule has 6 heteroatoms. The molecule has 0 spiro atoms. The van der Waals surface area contributed by atoms with Crippen molar-refractivity contribution in [2.75, 3.05) is 18.1 Å². The molecule has 0 saturated heterocycles. The van der Waals surface area contributed by atoms with Crippen LogP contribution in [0, 0.1) is 0 Å². The molecule has 0 radical (unpaired) electrons. The number of hydrogen-bond acceptors (Lipinski definition) is 3. The van der Waals surface area contributed by atoms with Gasteiger partial charge in [-0.05, 0) is 18.2 Å². The zero-order chi connectivity index (χ0) is 12.7. The lowest BCUT2D eigenvalue weighted by Gasteiger charge is -2.07. The molecule has 1 aromatic carbocycles. The van der Waals surface area contributed by atoms with E-state index in [1.54, 1.807) is 18.2 Å². The molecule has 1 N–H and O–H groups in total. The average Bonchev–Trinajstić information content (AvgIpc) is 2.25. The summed E-state index contributed by atoms with van der Waals surface area (Å²) in [7, 11) is 0. The molecule has 0 aliphatic rings. The second-order valence-corrected chi connectivity index (χ2v) is 5.25. The van der Waals surface area contributed by atoms with Crippen molar-refractivity contribution >= 4 is 40.9 Å². The highest BCUT2D eigenvalue weighted by Crippen LogP contribution is 2.27. The van der Waals surface area contributed by atoms with Crippen molar-refractivity contribution in [1.82, 2.24) is 0 Å². The third-order valence-corrected chi connectivity index (χ3v) is 3.32. The minimum atomic E-state index is -0.779. The summed E-state index contributed by atoms with van der Waals surface area (Å²) >= 11 is 13.2. The molecule has 0 aliphatic heterocycles. The topological polar surface area (TPSA) is 46.5 Å². The summed E-state index contributed by atoms with van der Waals surface area (Å²) in [5.74, 6) is 1.13. The van der Waals surface area contributed by atoms with E-state index >= 15 is 0 Å². The molecule has 0 heterocycles. The van der Waals surface area contributed by atoms with Gasteiger partial charge in [0.15, 0.2) is 0 Å². The van der Waals surface area contributed by atoms with Gasteiger partial charge in [0.25, 0.3) is 0 Å². The highest BCUT2D eigenvalue weighted by atomic mass is 35.5. The van der Waals surface area contributed by atoms with Crippen molar-refractivity contribution < 1.29 is 14.6 Å². The van der Waals surface area contributed by atoms with Crippen LogP contribution < -0.4 is 4.74 Å². The van der Waals surface area contributed by atoms with E-state index in [4.69, 9.17) is 33.0 Å². The number of ether oxygens (including phenoxy) is 1. The summed E-state index contributed by atoms with van der Waals surface area (Å²) in [6, 6.07) is 5.04. The number of aliphatic carboxylic acids is 1. The van der Waals surface area contributed by atoms with Gasteiger partial charge in [-0.3, -0.25) is 4.79 Å². The Labute approximate surface area is 114 Å². The summed E-state index contributed by atoms with van der Waals surface area (Å²) in [6.45, 7) is 0.492. The Morgan fingerprint density at radius 2 is 2.12 bits per heavy atom. The monoisotopic (exact) mass is 294 g/mol. The number of benzene rings is 1. The SMILES string of the molecule is O=C(O)CCSCCOc1ccc(Cl)cc1Cl. The lowest BCUT2D eigenvalue weighted by Crippen LogP contribution is -2.03. The first-order valence-corrected chi connectivity index (χ1v) is 6.88. The van der Waals surface area contributed by atoms with Gasteiger partial charge in [-0.2, -0.15) is 11.8 Å². The zero-order valence-corrected chi connectivity index (χ0v) is 11.3. The first-order chi connectivity index (χ1) is 8.09. The maximum Gasteiger partial charge on any atom is 0.304 e. The van der Waals surface area contributed by atoms with Gasteiger partial charge in [-0.15, -0.1) is 0 Å². The minimum absolute atomic E-state index is 0.173. The van der Waals surface area contributed by atoms with E-state index in [1.165, 1.54) is 11.8 Å². The van der Waals surface area contributed by atoms with Crippen molar-refractivity contribution in [1.29, 1.82) is 0 Å². The highest BCUT2D eigenvalue weighted by molar-refractivity contribution is 7.99. The van der Waals surface area contributed by atoms with Crippen LogP contribution >= 0.6 is 35.0 Å². The van der Waals surface area contributed by atoms with Gasteiger partial charge in [-0.1, -0.05) is 23.2 Å². The van der Waals surface area contributed by atoms with Gasteiger partial charge in [-0.25, -0.2) is 0 Å². The van der Waals surface area contributed by atoms with Crippen LogP contribution in [0.5, 0.6) is 5.75 Å². The van der Waals surface area contributed by atoms with Crippen LogP contribution in [0.15, 0.2) is 18.2 Å². The molecule has 0 amide bonds. The molecule has 0 saturated carbocycles. The van der Waals surface area contributed by atoms with E-state index in [-0.39, 0.29) is 6.42 Å². The highest BCUT2D eigenvalue weighted by Gasteiger charge is 2.02. The number of carbonyl (C=O) groups is 1. The van der Waals surface area contributed by atoms with Crippen molar-refractivity contribution in [3.8, 4) is 5.75 Å². The second-order valence-electron chi connectivity index (χ2n) is 3.18. The number of rotatable bonds is 7. The molecule has 1 aromatic rings. The lowest BCUT2D eigenvalue weighted by atomic mass is 10.3. The largest absolute Gasteiger partial charge is 0.491 e. The first-order valence-electron chi connectivity index (χ1n) is 4.97. The Balaban J connectivity index is 2.20. The molecule has 1 rings (SSSR count). The van der Waals surface area contributed by atoms with E-state index in [0.717, 1.165) is 5.75 Å². The summed E-state index contributed by atoms with van der Waals surface area (Å²) in [5.41, 5.74) is 0. The third-order valence-electron chi connectivity index (χ3n) is 1.84. The minimum Gasteiger partial charge on any atom is -0.491 e. The van der Waals surface area contributed by atoms with E-state index in [1.807, 2.05) is 0 Å². The average molecular weight is 295 g/mol. The summed E-state index contributed by atoms with van der Waals surface area (Å²) in [4.78, 5) is 10.3. The lowest BCUT2D eigenvalue weighted by molar-refractivity contribution is -0.136. The quantitative estimate of drug-likeness (QED) is 0.781. The molecule has 3 nitrogen and oxygen atoms in total. The van der Waals surface area contributed by atoms with Crippen molar-refractivity contribution in [3.05, 3.63) is 28.2 Å². The number of hydrogen-bond donors (Lipinski definition) is 1. The fourth-order valence-electron chi connectivity index (χ4n) is 1.06. The maximum atomic E-state index is 10.3. The number of halogens is 2. The van der Waals surface area contributed by atoms with Crippen molar-refractivity contribution in [2.24, 2.45) is 0 Å². The van der Waals surface area contributed by atoms with Crippen LogP contribution in [-0.2, 0) is 4.79 Å². The molecule has 0 bridgehead atoms. The fourth-order valence-corrected chi connectivity index (χ4v) is 2.25. The molecule has 17 heavy (non-hydrogen) atoms. The van der Waals surface area contributed by atoms with Gasteiger partial charge in [0.2, 0.25) is 0 Å². The van der Waals surface area contributed by atoms with E-state index in [2.05, 4.69) is 0 Å². The van der Waals surface area contributed by atoms with E-state index in [9.17, 15) is 4.79 Å². The predicted octanol–water partition coefficient (Wildman–Crippen LogP) is 3.58. The molecular weight excluding hydrogens is 283 g/mol. The Morgan fingerprint density at radius 1 is 1.35 bits per heavy atom. The van der Waals surface area contributed by atoms with Gasteiger partial charge in [0, 0.05) is 16.5 Å². The molecular formula is C11H12Cl2O3S. The zero-order valence-electron chi connectivity index (χ0n) is 8.99. The van der Waals surface area contributed by atoms with Crippen LogP contribution in [0.3, 0.4) is 0 Å². The maximum absolute atomic E-state index is 10.3. The smallest absolute Gasteiger partial charge is 0.304 e.